The second kappa shape index (κ2) is 4.75. The van der Waals surface area contributed by atoms with Crippen LogP contribution in [0.15, 0.2) is 18.2 Å². The molecular weight excluding hydrogens is 284 g/mol. The topological polar surface area (TPSA) is 29.5 Å². The molecule has 1 aromatic rings. The number of phenols is 1. The lowest BCUT2D eigenvalue weighted by Gasteiger charge is -2.53. The Labute approximate surface area is 139 Å². The molecule has 5 rings (SSSR count). The molecule has 0 unspecified atom stereocenters. The van der Waals surface area contributed by atoms with Gasteiger partial charge in [-0.3, -0.25) is 0 Å². The number of fused-ring (bicyclic) bond motifs is 6. The van der Waals surface area contributed by atoms with Crippen LogP contribution in [0.25, 0.3) is 0 Å². The van der Waals surface area contributed by atoms with E-state index in [-0.39, 0.29) is 5.60 Å². The fourth-order valence-corrected chi connectivity index (χ4v) is 7.01. The van der Waals surface area contributed by atoms with Crippen LogP contribution in [0.5, 0.6) is 5.75 Å². The van der Waals surface area contributed by atoms with Gasteiger partial charge in [-0.1, -0.05) is 13.0 Å². The maximum absolute atomic E-state index is 9.80. The van der Waals surface area contributed by atoms with Crippen molar-refractivity contribution in [2.75, 3.05) is 6.61 Å². The van der Waals surface area contributed by atoms with Crippen molar-refractivity contribution >= 4 is 0 Å². The second-order valence-corrected chi connectivity index (χ2v) is 8.74. The molecule has 4 aliphatic rings. The summed E-state index contributed by atoms with van der Waals surface area (Å²) in [5.74, 6) is 2.81. The summed E-state index contributed by atoms with van der Waals surface area (Å²) in [5.41, 5.74) is 3.55. The monoisotopic (exact) mass is 312 g/mol. The van der Waals surface area contributed by atoms with Crippen LogP contribution in [0.4, 0.5) is 0 Å². The van der Waals surface area contributed by atoms with E-state index in [0.29, 0.717) is 17.1 Å². The molecule has 2 heteroatoms. The lowest BCUT2D eigenvalue weighted by Crippen LogP contribution is -2.50. The van der Waals surface area contributed by atoms with Crippen LogP contribution in [0.3, 0.4) is 0 Å². The van der Waals surface area contributed by atoms with E-state index in [0.717, 1.165) is 24.9 Å². The summed E-state index contributed by atoms with van der Waals surface area (Å²) in [6, 6.07) is 6.11. The maximum Gasteiger partial charge on any atom is 0.115 e. The zero-order valence-corrected chi connectivity index (χ0v) is 14.2. The Hall–Kier alpha value is -1.02. The maximum atomic E-state index is 9.80. The third-order valence-electron chi connectivity index (χ3n) is 8.10. The van der Waals surface area contributed by atoms with Gasteiger partial charge >= 0.3 is 0 Å². The highest BCUT2D eigenvalue weighted by atomic mass is 16.5. The first-order chi connectivity index (χ1) is 11.1. The van der Waals surface area contributed by atoms with E-state index < -0.39 is 0 Å². The SMILES string of the molecule is C[C@]12CC[C@@H]3c4ccc(O)cc4CC[C@H]3[C@@H]1CC[C@@]21CCCO1. The van der Waals surface area contributed by atoms with Gasteiger partial charge in [-0.15, -0.1) is 0 Å². The Balaban J connectivity index is 1.51. The van der Waals surface area contributed by atoms with Gasteiger partial charge in [0.15, 0.2) is 0 Å². The first-order valence-electron chi connectivity index (χ1n) is 9.59. The molecule has 1 spiro atoms. The van der Waals surface area contributed by atoms with E-state index in [4.69, 9.17) is 4.74 Å². The van der Waals surface area contributed by atoms with E-state index in [1.807, 2.05) is 12.1 Å². The minimum absolute atomic E-state index is 0.206. The third kappa shape index (κ3) is 1.79. The third-order valence-corrected chi connectivity index (χ3v) is 8.10. The average Bonchev–Trinajstić information content (AvgIpc) is 3.14. The molecule has 1 N–H and O–H groups in total. The fourth-order valence-electron chi connectivity index (χ4n) is 7.01. The van der Waals surface area contributed by atoms with Gasteiger partial charge in [0.25, 0.3) is 0 Å². The molecule has 3 fully saturated rings. The lowest BCUT2D eigenvalue weighted by molar-refractivity contribution is -0.114. The summed E-state index contributed by atoms with van der Waals surface area (Å²) in [6.45, 7) is 3.54. The van der Waals surface area contributed by atoms with Crippen molar-refractivity contribution in [3.8, 4) is 5.75 Å². The molecule has 1 saturated heterocycles. The number of hydrogen-bond donors (Lipinski definition) is 1. The molecule has 1 aliphatic heterocycles. The second-order valence-electron chi connectivity index (χ2n) is 8.74. The van der Waals surface area contributed by atoms with Crippen LogP contribution in [0.1, 0.15) is 68.9 Å². The molecule has 1 aromatic carbocycles. The molecule has 0 bridgehead atoms. The van der Waals surface area contributed by atoms with Crippen LogP contribution < -0.4 is 0 Å². The highest BCUT2D eigenvalue weighted by Crippen LogP contribution is 2.67. The highest BCUT2D eigenvalue weighted by molar-refractivity contribution is 5.40. The summed E-state index contributed by atoms with van der Waals surface area (Å²) in [4.78, 5) is 0. The summed E-state index contributed by atoms with van der Waals surface area (Å²) < 4.78 is 6.41. The zero-order valence-electron chi connectivity index (χ0n) is 14.2. The minimum Gasteiger partial charge on any atom is -0.508 e. The lowest BCUT2D eigenvalue weighted by atomic mass is 9.53. The van der Waals surface area contributed by atoms with Gasteiger partial charge in [0.05, 0.1) is 5.60 Å². The molecular formula is C21H28O2. The number of benzene rings is 1. The van der Waals surface area contributed by atoms with Gasteiger partial charge in [-0.25, -0.2) is 0 Å². The smallest absolute Gasteiger partial charge is 0.115 e. The van der Waals surface area contributed by atoms with Crippen LogP contribution in [-0.4, -0.2) is 17.3 Å². The van der Waals surface area contributed by atoms with Gasteiger partial charge in [0.1, 0.15) is 5.75 Å². The van der Waals surface area contributed by atoms with Gasteiger partial charge in [-0.05, 0) is 97.8 Å². The Morgan fingerprint density at radius 2 is 2.04 bits per heavy atom. The van der Waals surface area contributed by atoms with Crippen molar-refractivity contribution < 1.29 is 9.84 Å². The van der Waals surface area contributed by atoms with E-state index in [1.165, 1.54) is 56.1 Å². The Morgan fingerprint density at radius 3 is 2.87 bits per heavy atom. The fraction of sp³-hybridized carbons (Fsp3) is 0.714. The molecule has 0 radical (unpaired) electrons. The highest BCUT2D eigenvalue weighted by Gasteiger charge is 2.63. The number of phenolic OH excluding ortho intramolecular Hbond substituents is 1. The predicted molar refractivity (Wildman–Crippen MR) is 90.6 cm³/mol. The van der Waals surface area contributed by atoms with Gasteiger partial charge < -0.3 is 9.84 Å². The Bertz CT molecular complexity index is 631. The molecule has 1 heterocycles. The number of ether oxygens (including phenoxy) is 1. The van der Waals surface area contributed by atoms with Crippen molar-refractivity contribution in [1.82, 2.24) is 0 Å². The largest absolute Gasteiger partial charge is 0.508 e. The number of aryl methyl sites for hydroxylation is 1. The molecule has 124 valence electrons. The summed E-state index contributed by atoms with van der Waals surface area (Å²) in [5, 5.41) is 9.80. The standard InChI is InChI=1S/C21H28O2/c1-20-10-7-17-16-6-4-15(22)13-14(16)3-5-18(17)19(20)8-11-21(20)9-2-12-23-21/h4,6,13,17-19,22H,2-3,5,7-12H2,1H3/t17-,18-,19+,20+,21+/m1/s1. The quantitative estimate of drug-likeness (QED) is 0.746. The molecule has 5 atom stereocenters. The van der Waals surface area contributed by atoms with Gasteiger partial charge in [-0.2, -0.15) is 0 Å². The van der Waals surface area contributed by atoms with Crippen LogP contribution in [0.2, 0.25) is 0 Å². The normalized spacial score (nSPS) is 44.8. The van der Waals surface area contributed by atoms with Crippen molar-refractivity contribution in [2.45, 2.75) is 69.8 Å². The van der Waals surface area contributed by atoms with Crippen molar-refractivity contribution in [1.29, 1.82) is 0 Å². The molecule has 23 heavy (non-hydrogen) atoms. The Kier molecular flexibility index (Phi) is 2.96. The van der Waals surface area contributed by atoms with E-state index in [9.17, 15) is 5.11 Å². The number of rotatable bonds is 0. The summed E-state index contributed by atoms with van der Waals surface area (Å²) in [7, 11) is 0. The van der Waals surface area contributed by atoms with Crippen LogP contribution >= 0.6 is 0 Å². The number of aromatic hydroxyl groups is 1. The van der Waals surface area contributed by atoms with Crippen molar-refractivity contribution in [3.63, 3.8) is 0 Å². The molecule has 0 amide bonds. The summed E-state index contributed by atoms with van der Waals surface area (Å²) in [6.07, 6.45) is 10.3. The van der Waals surface area contributed by atoms with E-state index in [1.54, 1.807) is 0 Å². The first-order valence-corrected chi connectivity index (χ1v) is 9.59. The van der Waals surface area contributed by atoms with Gasteiger partial charge in [0, 0.05) is 6.61 Å². The molecule has 2 saturated carbocycles. The van der Waals surface area contributed by atoms with Crippen LogP contribution in [0, 0.1) is 17.3 Å². The number of hydrogen-bond acceptors (Lipinski definition) is 2. The van der Waals surface area contributed by atoms with Gasteiger partial charge in [0.2, 0.25) is 0 Å². The van der Waals surface area contributed by atoms with Crippen LogP contribution in [-0.2, 0) is 11.2 Å². The molecule has 3 aliphatic carbocycles. The van der Waals surface area contributed by atoms with Crippen molar-refractivity contribution in [2.24, 2.45) is 17.3 Å². The molecule has 2 nitrogen and oxygen atoms in total. The zero-order chi connectivity index (χ0) is 15.7. The molecule has 0 aromatic heterocycles. The van der Waals surface area contributed by atoms with E-state index in [2.05, 4.69) is 13.0 Å². The summed E-state index contributed by atoms with van der Waals surface area (Å²) >= 11 is 0. The predicted octanol–water partition coefficient (Wildman–Crippen LogP) is 4.80. The first kappa shape index (κ1) is 14.3. The average molecular weight is 312 g/mol. The Morgan fingerprint density at radius 1 is 1.13 bits per heavy atom. The minimum atomic E-state index is 0.206. The van der Waals surface area contributed by atoms with Crippen molar-refractivity contribution in [3.05, 3.63) is 29.3 Å². The van der Waals surface area contributed by atoms with E-state index >= 15 is 0 Å².